The van der Waals surface area contributed by atoms with Gasteiger partial charge in [0, 0.05) is 6.92 Å². The Balaban J connectivity index is 2.51. The van der Waals surface area contributed by atoms with E-state index in [9.17, 15) is 0 Å². The summed E-state index contributed by atoms with van der Waals surface area (Å²) in [5.41, 5.74) is 0. The van der Waals surface area contributed by atoms with E-state index < -0.39 is 5.91 Å². The Hall–Kier alpha value is -0.120. The lowest BCUT2D eigenvalue weighted by Gasteiger charge is -2.29. The van der Waals surface area contributed by atoms with Crippen LogP contribution in [-0.4, -0.2) is 38.1 Å². The van der Waals surface area contributed by atoms with Gasteiger partial charge in [-0.25, -0.2) is 0 Å². The molecule has 1 aliphatic heterocycles. The summed E-state index contributed by atoms with van der Waals surface area (Å²) in [7, 11) is 3.87. The average molecular weight is 131 g/mol. The zero-order chi connectivity index (χ0) is 6.91. The van der Waals surface area contributed by atoms with Crippen LogP contribution < -0.4 is 0 Å². The molecule has 0 aromatic carbocycles. The van der Waals surface area contributed by atoms with Crippen molar-refractivity contribution in [3.05, 3.63) is 0 Å². The predicted molar refractivity (Wildman–Crippen MR) is 34.0 cm³/mol. The first-order valence-corrected chi connectivity index (χ1v) is 3.10. The number of nitrogens with zero attached hydrogens (tertiary/aromatic N) is 1. The minimum atomic E-state index is -0.472. The van der Waals surface area contributed by atoms with Gasteiger partial charge in [-0.05, 0) is 14.1 Å². The molecule has 0 unspecified atom stereocenters. The first kappa shape index (κ1) is 6.99. The van der Waals surface area contributed by atoms with Gasteiger partial charge in [-0.2, -0.15) is 0 Å². The molecule has 0 amide bonds. The number of hydrogen-bond donors (Lipinski definition) is 0. The van der Waals surface area contributed by atoms with Gasteiger partial charge in [0.25, 0.3) is 0 Å². The SMILES string of the molecule is CN(C)C1(C)OCCO1. The van der Waals surface area contributed by atoms with Gasteiger partial charge < -0.3 is 9.47 Å². The second kappa shape index (κ2) is 2.25. The van der Waals surface area contributed by atoms with Crippen LogP contribution in [0.1, 0.15) is 6.92 Å². The van der Waals surface area contributed by atoms with Gasteiger partial charge in [-0.1, -0.05) is 0 Å². The monoisotopic (exact) mass is 131 g/mol. The van der Waals surface area contributed by atoms with Crippen LogP contribution in [0.5, 0.6) is 0 Å². The fourth-order valence-electron chi connectivity index (χ4n) is 0.762. The summed E-state index contributed by atoms with van der Waals surface area (Å²) in [5.74, 6) is -0.472. The van der Waals surface area contributed by atoms with E-state index in [0.717, 1.165) is 0 Å². The Labute approximate surface area is 55.5 Å². The van der Waals surface area contributed by atoms with Crippen molar-refractivity contribution < 1.29 is 9.47 Å². The van der Waals surface area contributed by atoms with Gasteiger partial charge in [-0.15, -0.1) is 0 Å². The third-order valence-corrected chi connectivity index (χ3v) is 1.64. The van der Waals surface area contributed by atoms with Crippen LogP contribution in [-0.2, 0) is 9.47 Å². The van der Waals surface area contributed by atoms with Crippen LogP contribution in [0, 0.1) is 0 Å². The molecule has 0 spiro atoms. The number of hydrogen-bond acceptors (Lipinski definition) is 3. The molecule has 1 fully saturated rings. The molecule has 0 aromatic heterocycles. The van der Waals surface area contributed by atoms with E-state index in [1.807, 2.05) is 25.9 Å². The lowest BCUT2D eigenvalue weighted by molar-refractivity contribution is -0.229. The summed E-state index contributed by atoms with van der Waals surface area (Å²) in [4.78, 5) is 1.92. The topological polar surface area (TPSA) is 21.7 Å². The van der Waals surface area contributed by atoms with Gasteiger partial charge in [0.2, 0.25) is 5.91 Å². The summed E-state index contributed by atoms with van der Waals surface area (Å²) >= 11 is 0. The van der Waals surface area contributed by atoms with Crippen LogP contribution in [0.15, 0.2) is 0 Å². The molecular weight excluding hydrogens is 118 g/mol. The Morgan fingerprint density at radius 2 is 1.67 bits per heavy atom. The number of ether oxygens (including phenoxy) is 2. The van der Waals surface area contributed by atoms with E-state index >= 15 is 0 Å². The molecular formula is C6H13NO2. The minimum Gasteiger partial charge on any atom is -0.335 e. The van der Waals surface area contributed by atoms with Crippen molar-refractivity contribution in [1.82, 2.24) is 4.90 Å². The first-order valence-electron chi connectivity index (χ1n) is 3.10. The summed E-state index contributed by atoms with van der Waals surface area (Å²) in [5, 5.41) is 0. The molecule has 1 heterocycles. The van der Waals surface area contributed by atoms with E-state index in [4.69, 9.17) is 9.47 Å². The van der Waals surface area contributed by atoms with Crippen molar-refractivity contribution in [1.29, 1.82) is 0 Å². The summed E-state index contributed by atoms with van der Waals surface area (Å²) < 4.78 is 10.6. The van der Waals surface area contributed by atoms with E-state index in [1.54, 1.807) is 0 Å². The molecule has 3 heteroatoms. The van der Waals surface area contributed by atoms with Crippen molar-refractivity contribution in [2.75, 3.05) is 27.3 Å². The van der Waals surface area contributed by atoms with Crippen LogP contribution in [0.2, 0.25) is 0 Å². The average Bonchev–Trinajstić information content (AvgIpc) is 2.16. The maximum atomic E-state index is 5.31. The maximum Gasteiger partial charge on any atom is 0.226 e. The largest absolute Gasteiger partial charge is 0.335 e. The second-order valence-corrected chi connectivity index (χ2v) is 2.49. The standard InChI is InChI=1S/C6H13NO2/c1-6(7(2)3)8-4-5-9-6/h4-5H2,1-3H3. The van der Waals surface area contributed by atoms with Crippen LogP contribution in [0.25, 0.3) is 0 Å². The fraction of sp³-hybridized carbons (Fsp3) is 1.00. The van der Waals surface area contributed by atoms with E-state index in [-0.39, 0.29) is 0 Å². The van der Waals surface area contributed by atoms with E-state index in [2.05, 4.69) is 0 Å². The third-order valence-electron chi connectivity index (χ3n) is 1.64. The molecule has 0 radical (unpaired) electrons. The number of rotatable bonds is 1. The molecule has 9 heavy (non-hydrogen) atoms. The first-order chi connectivity index (χ1) is 4.15. The maximum absolute atomic E-state index is 5.31. The van der Waals surface area contributed by atoms with Gasteiger partial charge in [0.15, 0.2) is 0 Å². The molecule has 0 bridgehead atoms. The molecule has 0 aromatic rings. The summed E-state index contributed by atoms with van der Waals surface area (Å²) in [6.45, 7) is 3.32. The fourth-order valence-corrected chi connectivity index (χ4v) is 0.762. The second-order valence-electron chi connectivity index (χ2n) is 2.49. The van der Waals surface area contributed by atoms with Crippen molar-refractivity contribution in [3.63, 3.8) is 0 Å². The van der Waals surface area contributed by atoms with E-state index in [0.29, 0.717) is 13.2 Å². The molecule has 0 atom stereocenters. The van der Waals surface area contributed by atoms with Gasteiger partial charge in [0.05, 0.1) is 13.2 Å². The molecule has 54 valence electrons. The highest BCUT2D eigenvalue weighted by Gasteiger charge is 2.32. The van der Waals surface area contributed by atoms with Crippen molar-refractivity contribution >= 4 is 0 Å². The molecule has 1 aliphatic rings. The van der Waals surface area contributed by atoms with Gasteiger partial charge >= 0.3 is 0 Å². The van der Waals surface area contributed by atoms with Crippen LogP contribution in [0.3, 0.4) is 0 Å². The highest BCUT2D eigenvalue weighted by atomic mass is 16.8. The predicted octanol–water partition coefficient (Wildman–Crippen LogP) is 0.268. The minimum absolute atomic E-state index is 0.472. The van der Waals surface area contributed by atoms with Crippen molar-refractivity contribution in [3.8, 4) is 0 Å². The molecule has 0 N–H and O–H groups in total. The Bertz CT molecular complexity index is 97.2. The quantitative estimate of drug-likeness (QED) is 0.510. The van der Waals surface area contributed by atoms with Gasteiger partial charge in [-0.3, -0.25) is 4.90 Å². The Morgan fingerprint density at radius 1 is 1.22 bits per heavy atom. The normalized spacial score (nSPS) is 25.3. The zero-order valence-electron chi connectivity index (χ0n) is 6.18. The Kier molecular flexibility index (Phi) is 1.75. The lowest BCUT2D eigenvalue weighted by atomic mass is 10.5. The molecule has 1 saturated heterocycles. The summed E-state index contributed by atoms with van der Waals surface area (Å²) in [6.07, 6.45) is 0. The van der Waals surface area contributed by atoms with Crippen LogP contribution in [0.4, 0.5) is 0 Å². The highest BCUT2D eigenvalue weighted by Crippen LogP contribution is 2.19. The molecule has 0 saturated carbocycles. The third kappa shape index (κ3) is 1.23. The smallest absolute Gasteiger partial charge is 0.226 e. The highest BCUT2D eigenvalue weighted by molar-refractivity contribution is 4.63. The molecule has 0 aliphatic carbocycles. The van der Waals surface area contributed by atoms with Gasteiger partial charge in [0.1, 0.15) is 0 Å². The Morgan fingerprint density at radius 3 is 1.89 bits per heavy atom. The zero-order valence-corrected chi connectivity index (χ0v) is 6.18. The summed E-state index contributed by atoms with van der Waals surface area (Å²) in [6, 6.07) is 0. The van der Waals surface area contributed by atoms with Crippen molar-refractivity contribution in [2.24, 2.45) is 0 Å². The molecule has 1 rings (SSSR count). The lowest BCUT2D eigenvalue weighted by Crippen LogP contribution is -2.41. The van der Waals surface area contributed by atoms with Crippen LogP contribution >= 0.6 is 0 Å². The van der Waals surface area contributed by atoms with Crippen molar-refractivity contribution in [2.45, 2.75) is 12.8 Å². The van der Waals surface area contributed by atoms with E-state index in [1.165, 1.54) is 0 Å². The molecule has 3 nitrogen and oxygen atoms in total.